The molecular weight excluding hydrogens is 306 g/mol. The van der Waals surface area contributed by atoms with Crippen molar-refractivity contribution in [1.82, 2.24) is 0 Å². The number of hydrogen-bond donors (Lipinski definition) is 2. The number of non-ortho nitro benzene ring substituents is 1. The average molecular weight is 319 g/mol. The molecule has 24 heavy (non-hydrogen) atoms. The number of nitrogens with one attached hydrogen (secondary N) is 1. The molecule has 0 aromatic heterocycles. The average Bonchev–Trinajstić information content (AvgIpc) is 2.60. The molecule has 0 saturated heterocycles. The van der Waals surface area contributed by atoms with Gasteiger partial charge in [0.1, 0.15) is 11.9 Å². The zero-order valence-electron chi connectivity index (χ0n) is 12.5. The Kier molecular flexibility index (Phi) is 5.16. The van der Waals surface area contributed by atoms with Crippen LogP contribution in [0.1, 0.15) is 11.1 Å². The van der Waals surface area contributed by atoms with Crippen molar-refractivity contribution in [3.8, 4) is 6.07 Å². The quantitative estimate of drug-likeness (QED) is 0.295. The third-order valence-electron chi connectivity index (χ3n) is 3.09. The first-order valence-corrected chi connectivity index (χ1v) is 6.86. The summed E-state index contributed by atoms with van der Waals surface area (Å²) < 4.78 is 0. The smallest absolute Gasteiger partial charge is 0.269 e. The summed E-state index contributed by atoms with van der Waals surface area (Å²) in [5, 5.41) is 27.8. The molecule has 0 fully saturated rings. The highest BCUT2D eigenvalue weighted by molar-refractivity contribution is 6.13. The van der Waals surface area contributed by atoms with Gasteiger partial charge >= 0.3 is 0 Å². The second-order valence-corrected chi connectivity index (χ2v) is 4.73. The molecule has 7 heteroatoms. The molecule has 2 aromatic carbocycles. The van der Waals surface area contributed by atoms with Crippen molar-refractivity contribution in [3.63, 3.8) is 0 Å². The van der Waals surface area contributed by atoms with Crippen LogP contribution in [0.2, 0.25) is 0 Å². The van der Waals surface area contributed by atoms with Crippen molar-refractivity contribution in [2.45, 2.75) is 0 Å². The Morgan fingerprint density at radius 3 is 2.38 bits per heavy atom. The van der Waals surface area contributed by atoms with Gasteiger partial charge in [-0.15, -0.1) is 0 Å². The van der Waals surface area contributed by atoms with Crippen molar-refractivity contribution in [2.75, 3.05) is 0 Å². The minimum Gasteiger partial charge on any atom is -0.383 e. The van der Waals surface area contributed by atoms with Crippen LogP contribution in [-0.4, -0.2) is 16.6 Å². The summed E-state index contributed by atoms with van der Waals surface area (Å²) in [6, 6.07) is 16.4. The molecular formula is C17H13N5O2. The van der Waals surface area contributed by atoms with Crippen LogP contribution < -0.4 is 5.73 Å². The van der Waals surface area contributed by atoms with Gasteiger partial charge in [-0.3, -0.25) is 15.5 Å². The van der Waals surface area contributed by atoms with Crippen LogP contribution >= 0.6 is 0 Å². The topological polar surface area (TPSA) is 129 Å². The number of nitrogens with two attached hydrogens (primary N) is 1. The third kappa shape index (κ3) is 4.11. The van der Waals surface area contributed by atoms with Gasteiger partial charge in [-0.2, -0.15) is 5.26 Å². The first-order chi connectivity index (χ1) is 11.5. The van der Waals surface area contributed by atoms with E-state index in [9.17, 15) is 15.4 Å². The number of benzene rings is 2. The summed E-state index contributed by atoms with van der Waals surface area (Å²) in [6.45, 7) is 0. The maximum Gasteiger partial charge on any atom is 0.269 e. The number of rotatable bonds is 4. The molecule has 0 bridgehead atoms. The Bertz CT molecular complexity index is 862. The molecule has 118 valence electrons. The van der Waals surface area contributed by atoms with Gasteiger partial charge in [0.25, 0.3) is 5.69 Å². The summed E-state index contributed by atoms with van der Waals surface area (Å²) in [5.74, 6) is -0.150. The van der Waals surface area contributed by atoms with E-state index in [1.807, 2.05) is 12.1 Å². The summed E-state index contributed by atoms with van der Waals surface area (Å²) in [6.07, 6.45) is 1.46. The minimum absolute atomic E-state index is 0.0434. The van der Waals surface area contributed by atoms with Gasteiger partial charge < -0.3 is 5.73 Å². The number of nitro groups is 1. The van der Waals surface area contributed by atoms with Gasteiger partial charge in [-0.25, -0.2) is 4.99 Å². The van der Waals surface area contributed by atoms with E-state index in [2.05, 4.69) is 4.99 Å². The summed E-state index contributed by atoms with van der Waals surface area (Å²) in [4.78, 5) is 14.1. The molecule has 0 aliphatic carbocycles. The highest BCUT2D eigenvalue weighted by atomic mass is 16.6. The van der Waals surface area contributed by atoms with Crippen LogP contribution in [-0.2, 0) is 0 Å². The monoisotopic (exact) mass is 319 g/mol. The molecule has 3 N–H and O–H groups in total. The highest BCUT2D eigenvalue weighted by Crippen LogP contribution is 2.14. The lowest BCUT2D eigenvalue weighted by Crippen LogP contribution is -2.16. The van der Waals surface area contributed by atoms with E-state index < -0.39 is 4.92 Å². The fourth-order valence-corrected chi connectivity index (χ4v) is 1.86. The maximum atomic E-state index is 10.6. The van der Waals surface area contributed by atoms with Crippen LogP contribution in [0.15, 0.2) is 65.2 Å². The van der Waals surface area contributed by atoms with Crippen molar-refractivity contribution < 1.29 is 4.92 Å². The lowest BCUT2D eigenvalue weighted by Gasteiger charge is -2.01. The van der Waals surface area contributed by atoms with Crippen LogP contribution in [0, 0.1) is 26.9 Å². The largest absolute Gasteiger partial charge is 0.383 e. The number of nitro benzene ring substituents is 1. The number of nitriles is 1. The van der Waals surface area contributed by atoms with Crippen molar-refractivity contribution in [1.29, 1.82) is 10.7 Å². The molecule has 0 radical (unpaired) electrons. The van der Waals surface area contributed by atoms with E-state index in [-0.39, 0.29) is 22.9 Å². The number of amidine groups is 2. The molecule has 0 aliphatic rings. The second kappa shape index (κ2) is 7.47. The van der Waals surface area contributed by atoms with Crippen LogP contribution in [0.4, 0.5) is 5.69 Å². The molecule has 0 spiro atoms. The lowest BCUT2D eigenvalue weighted by atomic mass is 10.1. The van der Waals surface area contributed by atoms with E-state index in [1.54, 1.807) is 24.3 Å². The maximum absolute atomic E-state index is 10.6. The summed E-state index contributed by atoms with van der Waals surface area (Å²) in [7, 11) is 0. The Balaban J connectivity index is 2.26. The van der Waals surface area contributed by atoms with Gasteiger partial charge in [-0.1, -0.05) is 30.3 Å². The molecule has 0 saturated carbocycles. The van der Waals surface area contributed by atoms with E-state index in [0.29, 0.717) is 11.1 Å². The van der Waals surface area contributed by atoms with Crippen molar-refractivity contribution >= 4 is 23.4 Å². The number of hydrogen-bond acceptors (Lipinski definition) is 4. The van der Waals surface area contributed by atoms with Gasteiger partial charge in [0.2, 0.25) is 0 Å². The highest BCUT2D eigenvalue weighted by Gasteiger charge is 2.07. The Hall–Kier alpha value is -3.79. The van der Waals surface area contributed by atoms with Gasteiger partial charge in [0.05, 0.1) is 10.5 Å². The second-order valence-electron chi connectivity index (χ2n) is 4.73. The zero-order chi connectivity index (χ0) is 17.5. The van der Waals surface area contributed by atoms with E-state index in [0.717, 1.165) is 0 Å². The predicted octanol–water partition coefficient (Wildman–Crippen LogP) is 2.88. The van der Waals surface area contributed by atoms with Crippen LogP contribution in [0.5, 0.6) is 0 Å². The third-order valence-corrected chi connectivity index (χ3v) is 3.09. The molecule has 0 atom stereocenters. The molecule has 0 unspecified atom stereocenters. The molecule has 2 aromatic rings. The van der Waals surface area contributed by atoms with Crippen LogP contribution in [0.25, 0.3) is 6.08 Å². The summed E-state index contributed by atoms with van der Waals surface area (Å²) in [5.41, 5.74) is 6.98. The first kappa shape index (κ1) is 16.6. The van der Waals surface area contributed by atoms with Gasteiger partial charge in [0.15, 0.2) is 5.84 Å². The van der Waals surface area contributed by atoms with Crippen molar-refractivity contribution in [2.24, 2.45) is 10.7 Å². The van der Waals surface area contributed by atoms with Crippen molar-refractivity contribution in [3.05, 3.63) is 81.4 Å². The normalized spacial score (nSPS) is 11.6. The Morgan fingerprint density at radius 2 is 1.83 bits per heavy atom. The Morgan fingerprint density at radius 1 is 1.21 bits per heavy atom. The molecule has 0 heterocycles. The fraction of sp³-hybridized carbons (Fsp3) is 0. The van der Waals surface area contributed by atoms with E-state index in [1.165, 1.54) is 30.3 Å². The standard InChI is InChI=1S/C17H13N5O2/c18-11-14(10-12-6-8-15(9-7-12)22(23)24)17(20)21-16(19)13-4-2-1-3-5-13/h1-10H,(H3,19,20,21)/b14-10+. The summed E-state index contributed by atoms with van der Waals surface area (Å²) >= 11 is 0. The Labute approximate surface area is 138 Å². The van der Waals surface area contributed by atoms with Gasteiger partial charge in [-0.05, 0) is 23.8 Å². The zero-order valence-corrected chi connectivity index (χ0v) is 12.5. The predicted molar refractivity (Wildman–Crippen MR) is 91.6 cm³/mol. The lowest BCUT2D eigenvalue weighted by molar-refractivity contribution is -0.384. The van der Waals surface area contributed by atoms with Gasteiger partial charge in [0, 0.05) is 17.7 Å². The van der Waals surface area contributed by atoms with E-state index in [4.69, 9.17) is 11.1 Å². The minimum atomic E-state index is -0.504. The first-order valence-electron chi connectivity index (χ1n) is 6.86. The molecule has 0 aliphatic heterocycles. The number of nitrogens with zero attached hydrogens (tertiary/aromatic N) is 3. The van der Waals surface area contributed by atoms with E-state index >= 15 is 0 Å². The SMILES string of the molecule is N#C/C(=C\c1ccc([N+](=O)[O-])cc1)C(N)=NC(=N)c1ccccc1. The molecule has 0 amide bonds. The molecule has 7 nitrogen and oxygen atoms in total. The van der Waals surface area contributed by atoms with Crippen LogP contribution in [0.3, 0.4) is 0 Å². The molecule has 2 rings (SSSR count). The number of aliphatic imine (C=N–C) groups is 1. The fourth-order valence-electron chi connectivity index (χ4n) is 1.86.